The molecule has 1 N–H and O–H groups in total. The normalized spacial score (nSPS) is 15.9. The Morgan fingerprint density at radius 1 is 1.27 bits per heavy atom. The first kappa shape index (κ1) is 9.77. The number of rotatable bonds is 3. The van der Waals surface area contributed by atoms with E-state index in [0.717, 1.165) is 25.3 Å². The second kappa shape index (κ2) is 4.17. The molecule has 3 heteroatoms. The van der Waals surface area contributed by atoms with Gasteiger partial charge in [-0.3, -0.25) is 5.41 Å². The Kier molecular flexibility index (Phi) is 2.72. The molecule has 1 heterocycles. The number of hydrogen-bond donors (Lipinski definition) is 1. The van der Waals surface area contributed by atoms with Crippen LogP contribution in [-0.4, -0.2) is 30.5 Å². The lowest BCUT2D eigenvalue weighted by atomic mass is 10.3. The van der Waals surface area contributed by atoms with E-state index in [-0.39, 0.29) is 0 Å². The number of benzene rings is 1. The second-order valence-electron chi connectivity index (χ2n) is 3.55. The molecule has 15 heavy (non-hydrogen) atoms. The van der Waals surface area contributed by atoms with E-state index in [2.05, 4.69) is 6.58 Å². The SMILES string of the molecule is C=CCN1CCN(c2ccccc2)C1=N. The van der Waals surface area contributed by atoms with Crippen LogP contribution in [0.25, 0.3) is 0 Å². The minimum absolute atomic E-state index is 0.570. The third-order valence-corrected chi connectivity index (χ3v) is 2.57. The molecule has 1 saturated heterocycles. The first-order valence-electron chi connectivity index (χ1n) is 5.10. The molecule has 0 aliphatic carbocycles. The molecule has 3 nitrogen and oxygen atoms in total. The molecular weight excluding hydrogens is 186 g/mol. The van der Waals surface area contributed by atoms with Gasteiger partial charge in [0.05, 0.1) is 0 Å². The second-order valence-corrected chi connectivity index (χ2v) is 3.55. The van der Waals surface area contributed by atoms with E-state index in [0.29, 0.717) is 5.96 Å². The molecule has 1 aliphatic rings. The van der Waals surface area contributed by atoms with Gasteiger partial charge in [-0.25, -0.2) is 0 Å². The molecule has 0 bridgehead atoms. The fraction of sp³-hybridized carbons (Fsp3) is 0.250. The van der Waals surface area contributed by atoms with Gasteiger partial charge in [0.2, 0.25) is 0 Å². The molecule has 78 valence electrons. The Balaban J connectivity index is 2.14. The van der Waals surface area contributed by atoms with E-state index < -0.39 is 0 Å². The highest BCUT2D eigenvalue weighted by Crippen LogP contribution is 2.18. The zero-order valence-electron chi connectivity index (χ0n) is 8.69. The van der Waals surface area contributed by atoms with Gasteiger partial charge in [-0.1, -0.05) is 24.3 Å². The monoisotopic (exact) mass is 201 g/mol. The average Bonchev–Trinajstić information content (AvgIpc) is 2.63. The summed E-state index contributed by atoms with van der Waals surface area (Å²) in [5.41, 5.74) is 1.09. The summed E-state index contributed by atoms with van der Waals surface area (Å²) >= 11 is 0. The van der Waals surface area contributed by atoms with E-state index >= 15 is 0 Å². The molecule has 1 aromatic rings. The van der Waals surface area contributed by atoms with Crippen LogP contribution < -0.4 is 4.90 Å². The van der Waals surface area contributed by atoms with Crippen LogP contribution in [0, 0.1) is 5.41 Å². The van der Waals surface area contributed by atoms with Crippen molar-refractivity contribution in [3.63, 3.8) is 0 Å². The van der Waals surface area contributed by atoms with Gasteiger partial charge in [-0.15, -0.1) is 6.58 Å². The van der Waals surface area contributed by atoms with Gasteiger partial charge < -0.3 is 9.80 Å². The summed E-state index contributed by atoms with van der Waals surface area (Å²) in [6.45, 7) is 6.24. The van der Waals surface area contributed by atoms with Crippen molar-refractivity contribution in [2.45, 2.75) is 0 Å². The summed E-state index contributed by atoms with van der Waals surface area (Å²) in [5, 5.41) is 8.01. The topological polar surface area (TPSA) is 30.3 Å². The molecule has 0 spiro atoms. The van der Waals surface area contributed by atoms with E-state index in [1.54, 1.807) is 0 Å². The third-order valence-electron chi connectivity index (χ3n) is 2.57. The molecule has 2 rings (SSSR count). The summed E-state index contributed by atoms with van der Waals surface area (Å²) in [4.78, 5) is 4.03. The Hall–Kier alpha value is -1.77. The van der Waals surface area contributed by atoms with Crippen LogP contribution in [0.3, 0.4) is 0 Å². The van der Waals surface area contributed by atoms with Gasteiger partial charge in [0.1, 0.15) is 0 Å². The molecule has 0 unspecified atom stereocenters. The molecule has 0 atom stereocenters. The Morgan fingerprint density at radius 2 is 2.00 bits per heavy atom. The van der Waals surface area contributed by atoms with Crippen LogP contribution in [0.2, 0.25) is 0 Å². The van der Waals surface area contributed by atoms with E-state index in [4.69, 9.17) is 5.41 Å². The van der Waals surface area contributed by atoms with Crippen molar-refractivity contribution in [3.05, 3.63) is 43.0 Å². The highest BCUT2D eigenvalue weighted by molar-refractivity contribution is 5.95. The zero-order valence-corrected chi connectivity index (χ0v) is 8.69. The first-order valence-corrected chi connectivity index (χ1v) is 5.10. The largest absolute Gasteiger partial charge is 0.337 e. The van der Waals surface area contributed by atoms with Crippen molar-refractivity contribution in [1.82, 2.24) is 4.90 Å². The third kappa shape index (κ3) is 1.86. The Bertz CT molecular complexity index is 358. The predicted octanol–water partition coefficient (Wildman–Crippen LogP) is 1.93. The fourth-order valence-electron chi connectivity index (χ4n) is 1.80. The number of nitrogens with one attached hydrogen (secondary N) is 1. The van der Waals surface area contributed by atoms with Crippen LogP contribution in [0.15, 0.2) is 43.0 Å². The predicted molar refractivity (Wildman–Crippen MR) is 63.3 cm³/mol. The van der Waals surface area contributed by atoms with E-state index in [1.165, 1.54) is 0 Å². The lowest BCUT2D eigenvalue weighted by Crippen LogP contribution is -2.32. The van der Waals surface area contributed by atoms with Gasteiger partial charge in [0.15, 0.2) is 5.96 Å². The van der Waals surface area contributed by atoms with Gasteiger partial charge in [-0.05, 0) is 12.1 Å². The summed E-state index contributed by atoms with van der Waals surface area (Å²) in [7, 11) is 0. The van der Waals surface area contributed by atoms with Crippen LogP contribution in [0.4, 0.5) is 5.69 Å². The van der Waals surface area contributed by atoms with Crippen LogP contribution in [-0.2, 0) is 0 Å². The van der Waals surface area contributed by atoms with Gasteiger partial charge in [-0.2, -0.15) is 0 Å². The van der Waals surface area contributed by atoms with Crippen molar-refractivity contribution in [1.29, 1.82) is 5.41 Å². The summed E-state index contributed by atoms with van der Waals surface area (Å²) in [6, 6.07) is 10.1. The maximum absolute atomic E-state index is 8.01. The number of nitrogens with zero attached hydrogens (tertiary/aromatic N) is 2. The number of para-hydroxylation sites is 1. The summed E-state index contributed by atoms with van der Waals surface area (Å²) < 4.78 is 0. The molecule has 0 amide bonds. The van der Waals surface area contributed by atoms with Crippen molar-refractivity contribution in [2.24, 2.45) is 0 Å². The quantitative estimate of drug-likeness (QED) is 0.757. The van der Waals surface area contributed by atoms with Gasteiger partial charge in [0.25, 0.3) is 0 Å². The Morgan fingerprint density at radius 3 is 2.67 bits per heavy atom. The van der Waals surface area contributed by atoms with E-state index in [1.807, 2.05) is 46.2 Å². The minimum atomic E-state index is 0.570. The highest BCUT2D eigenvalue weighted by atomic mass is 15.4. The molecule has 1 fully saturated rings. The molecule has 1 aliphatic heterocycles. The summed E-state index contributed by atoms with van der Waals surface area (Å²) in [5.74, 6) is 0.570. The van der Waals surface area contributed by atoms with Crippen molar-refractivity contribution in [3.8, 4) is 0 Å². The lowest BCUT2D eigenvalue weighted by Gasteiger charge is -2.20. The van der Waals surface area contributed by atoms with E-state index in [9.17, 15) is 0 Å². The lowest BCUT2D eigenvalue weighted by molar-refractivity contribution is 0.511. The van der Waals surface area contributed by atoms with Crippen molar-refractivity contribution < 1.29 is 0 Å². The first-order chi connectivity index (χ1) is 7.33. The fourth-order valence-corrected chi connectivity index (χ4v) is 1.80. The zero-order chi connectivity index (χ0) is 10.7. The van der Waals surface area contributed by atoms with Crippen molar-refractivity contribution >= 4 is 11.6 Å². The van der Waals surface area contributed by atoms with Crippen molar-refractivity contribution in [2.75, 3.05) is 24.5 Å². The molecule has 0 radical (unpaired) electrons. The molecular formula is C12H15N3. The van der Waals surface area contributed by atoms with Crippen LogP contribution in [0.5, 0.6) is 0 Å². The van der Waals surface area contributed by atoms with Gasteiger partial charge in [0, 0.05) is 25.3 Å². The number of hydrogen-bond acceptors (Lipinski definition) is 1. The maximum Gasteiger partial charge on any atom is 0.198 e. The Labute approximate surface area is 90.1 Å². The van der Waals surface area contributed by atoms with Crippen LogP contribution in [0.1, 0.15) is 0 Å². The minimum Gasteiger partial charge on any atom is -0.337 e. The number of guanidine groups is 1. The maximum atomic E-state index is 8.01. The molecule has 0 saturated carbocycles. The highest BCUT2D eigenvalue weighted by Gasteiger charge is 2.24. The summed E-state index contributed by atoms with van der Waals surface area (Å²) in [6.07, 6.45) is 1.84. The standard InChI is InChI=1S/C12H15N3/c1-2-8-14-9-10-15(12(14)13)11-6-4-3-5-7-11/h2-7,13H,1,8-10H2. The molecule has 1 aromatic carbocycles. The number of anilines is 1. The smallest absolute Gasteiger partial charge is 0.198 e. The average molecular weight is 201 g/mol. The van der Waals surface area contributed by atoms with Gasteiger partial charge >= 0.3 is 0 Å². The molecule has 0 aromatic heterocycles. The van der Waals surface area contributed by atoms with Crippen LogP contribution >= 0.6 is 0 Å².